The molecule has 0 atom stereocenters. The molecule has 0 N–H and O–H groups in total. The quantitative estimate of drug-likeness (QED) is 0.159. The fourth-order valence-corrected chi connectivity index (χ4v) is 7.49. The van der Waals surface area contributed by atoms with Crippen molar-refractivity contribution < 1.29 is 0 Å². The third kappa shape index (κ3) is 2.78. The first-order valence-corrected chi connectivity index (χ1v) is 14.3. The first-order chi connectivity index (χ1) is 19.5. The zero-order valence-electron chi connectivity index (χ0n) is 23.0. The summed E-state index contributed by atoms with van der Waals surface area (Å²) in [7, 11) is 0. The van der Waals surface area contributed by atoms with Crippen molar-refractivity contribution in [2.75, 3.05) is 4.90 Å². The normalized spacial score (nSPS) is 13.8. The molecule has 0 fully saturated rings. The SMILES string of the molecule is CC(C)(C)c1cc2c3c(c1)N(c1ccc4ccc5cccc6ccc1c4c56)c1ccccc1B3c1ccccc1-2. The van der Waals surface area contributed by atoms with Gasteiger partial charge in [-0.3, -0.25) is 0 Å². The number of anilines is 3. The van der Waals surface area contributed by atoms with E-state index >= 15 is 0 Å². The number of hydrogen-bond donors (Lipinski definition) is 0. The fourth-order valence-electron chi connectivity index (χ4n) is 7.49. The Morgan fingerprint density at radius 2 is 1.20 bits per heavy atom. The van der Waals surface area contributed by atoms with Crippen LogP contribution < -0.4 is 21.3 Å². The highest BCUT2D eigenvalue weighted by Crippen LogP contribution is 2.47. The maximum absolute atomic E-state index is 2.57. The van der Waals surface area contributed by atoms with Crippen molar-refractivity contribution in [3.63, 3.8) is 0 Å². The van der Waals surface area contributed by atoms with Crippen LogP contribution in [0, 0.1) is 0 Å². The molecule has 1 nitrogen and oxygen atoms in total. The Kier molecular flexibility index (Phi) is 4.20. The third-order valence-electron chi connectivity index (χ3n) is 9.35. The zero-order valence-corrected chi connectivity index (χ0v) is 23.0. The summed E-state index contributed by atoms with van der Waals surface area (Å²) in [5.41, 5.74) is 12.3. The average molecular weight is 509 g/mol. The molecular formula is C38H28BN. The van der Waals surface area contributed by atoms with Crippen LogP contribution in [0.15, 0.2) is 115 Å². The van der Waals surface area contributed by atoms with Gasteiger partial charge in [-0.1, -0.05) is 123 Å². The summed E-state index contributed by atoms with van der Waals surface area (Å²) < 4.78 is 0. The number of benzene rings is 7. The predicted octanol–water partition coefficient (Wildman–Crippen LogP) is 8.16. The molecule has 2 aliphatic rings. The maximum Gasteiger partial charge on any atom is 0.248 e. The van der Waals surface area contributed by atoms with Crippen LogP contribution in [-0.4, -0.2) is 6.71 Å². The highest BCUT2D eigenvalue weighted by molar-refractivity contribution is 7.01. The van der Waals surface area contributed by atoms with Crippen LogP contribution in [0.4, 0.5) is 17.1 Å². The summed E-state index contributed by atoms with van der Waals surface area (Å²) in [6.45, 7) is 7.24. The summed E-state index contributed by atoms with van der Waals surface area (Å²) in [6, 6.07) is 43.6. The van der Waals surface area contributed by atoms with E-state index in [1.165, 1.54) is 82.5 Å². The van der Waals surface area contributed by atoms with E-state index in [0.717, 1.165) is 0 Å². The summed E-state index contributed by atoms with van der Waals surface area (Å²) in [6.07, 6.45) is 0. The Labute approximate surface area is 235 Å². The number of hydrogen-bond acceptors (Lipinski definition) is 1. The van der Waals surface area contributed by atoms with Gasteiger partial charge < -0.3 is 4.90 Å². The van der Waals surface area contributed by atoms with Crippen molar-refractivity contribution in [2.24, 2.45) is 0 Å². The van der Waals surface area contributed by atoms with Gasteiger partial charge in [0.1, 0.15) is 0 Å². The van der Waals surface area contributed by atoms with Gasteiger partial charge in [-0.2, -0.15) is 0 Å². The van der Waals surface area contributed by atoms with E-state index in [9.17, 15) is 0 Å². The second kappa shape index (κ2) is 7.55. The van der Waals surface area contributed by atoms with Gasteiger partial charge in [0, 0.05) is 16.8 Å². The minimum atomic E-state index is 0.0316. The Balaban J connectivity index is 1.43. The molecule has 0 saturated carbocycles. The van der Waals surface area contributed by atoms with E-state index in [4.69, 9.17) is 0 Å². The summed E-state index contributed by atoms with van der Waals surface area (Å²) >= 11 is 0. The minimum Gasteiger partial charge on any atom is -0.311 e. The largest absolute Gasteiger partial charge is 0.311 e. The van der Waals surface area contributed by atoms with Crippen molar-refractivity contribution in [3.8, 4) is 11.1 Å². The van der Waals surface area contributed by atoms with Gasteiger partial charge in [-0.15, -0.1) is 0 Å². The maximum atomic E-state index is 2.57. The molecule has 0 unspecified atom stereocenters. The molecular weight excluding hydrogens is 481 g/mol. The Morgan fingerprint density at radius 3 is 2.00 bits per heavy atom. The van der Waals surface area contributed by atoms with Crippen LogP contribution in [-0.2, 0) is 5.41 Å². The molecule has 0 spiro atoms. The number of fused-ring (bicyclic) bond motifs is 5. The highest BCUT2D eigenvalue weighted by Gasteiger charge is 2.43. The monoisotopic (exact) mass is 509 g/mol. The van der Waals surface area contributed by atoms with Gasteiger partial charge in [0.25, 0.3) is 0 Å². The van der Waals surface area contributed by atoms with Crippen LogP contribution in [0.5, 0.6) is 0 Å². The first-order valence-electron chi connectivity index (χ1n) is 14.3. The van der Waals surface area contributed by atoms with Crippen LogP contribution in [0.25, 0.3) is 43.4 Å². The molecule has 0 aliphatic carbocycles. The van der Waals surface area contributed by atoms with Gasteiger partial charge >= 0.3 is 0 Å². The molecule has 0 radical (unpaired) electrons. The topological polar surface area (TPSA) is 3.24 Å². The Hall–Kier alpha value is -4.56. The number of nitrogens with zero attached hydrogens (tertiary/aromatic N) is 1. The lowest BCUT2D eigenvalue weighted by Crippen LogP contribution is -2.54. The van der Waals surface area contributed by atoms with E-state index in [-0.39, 0.29) is 12.1 Å². The van der Waals surface area contributed by atoms with E-state index in [1.54, 1.807) is 0 Å². The van der Waals surface area contributed by atoms with Crippen LogP contribution in [0.2, 0.25) is 0 Å². The molecule has 0 bridgehead atoms. The molecule has 2 heterocycles. The molecule has 40 heavy (non-hydrogen) atoms. The van der Waals surface area contributed by atoms with Gasteiger partial charge in [-0.25, -0.2) is 0 Å². The van der Waals surface area contributed by atoms with Gasteiger partial charge in [0.05, 0.1) is 5.69 Å². The van der Waals surface area contributed by atoms with E-state index in [0.29, 0.717) is 0 Å². The average Bonchev–Trinajstić information content (AvgIpc) is 3.31. The smallest absolute Gasteiger partial charge is 0.248 e. The molecule has 0 amide bonds. The molecule has 7 aromatic rings. The third-order valence-corrected chi connectivity index (χ3v) is 9.35. The Bertz CT molecular complexity index is 2150. The second-order valence-corrected chi connectivity index (χ2v) is 12.6. The van der Waals surface area contributed by atoms with Gasteiger partial charge in [0.2, 0.25) is 6.71 Å². The van der Waals surface area contributed by atoms with Crippen molar-refractivity contribution in [3.05, 3.63) is 121 Å². The lowest BCUT2D eigenvalue weighted by atomic mass is 9.37. The lowest BCUT2D eigenvalue weighted by molar-refractivity contribution is 0.591. The van der Waals surface area contributed by atoms with Gasteiger partial charge in [-0.05, 0) is 78.2 Å². The number of para-hydroxylation sites is 1. The molecule has 0 aromatic heterocycles. The highest BCUT2D eigenvalue weighted by atomic mass is 15.2. The summed E-state index contributed by atoms with van der Waals surface area (Å²) in [4.78, 5) is 2.57. The molecule has 2 aliphatic heterocycles. The standard InChI is InChI=1S/C38H28BN/c1-38(2,3)26-21-29-27-11-4-5-12-30(27)39-31-13-6-7-14-33(31)40(34(22-26)37(29)39)32-20-18-25-16-15-23-9-8-10-24-17-19-28(32)36(25)35(23)24/h4-22H,1-3H3. The summed E-state index contributed by atoms with van der Waals surface area (Å²) in [5, 5.41) is 7.94. The number of rotatable bonds is 1. The minimum absolute atomic E-state index is 0.0316. The summed E-state index contributed by atoms with van der Waals surface area (Å²) in [5.74, 6) is 0. The molecule has 0 saturated heterocycles. The van der Waals surface area contributed by atoms with E-state index < -0.39 is 0 Å². The second-order valence-electron chi connectivity index (χ2n) is 12.6. The molecule has 7 aromatic carbocycles. The zero-order chi connectivity index (χ0) is 26.7. The fraction of sp³-hybridized carbons (Fsp3) is 0.105. The van der Waals surface area contributed by atoms with Gasteiger partial charge in [0.15, 0.2) is 0 Å². The molecule has 9 rings (SSSR count). The van der Waals surface area contributed by atoms with Crippen LogP contribution in [0.3, 0.4) is 0 Å². The van der Waals surface area contributed by atoms with Crippen molar-refractivity contribution in [1.82, 2.24) is 0 Å². The van der Waals surface area contributed by atoms with E-state index in [2.05, 4.69) is 141 Å². The Morgan fingerprint density at radius 1 is 0.525 bits per heavy atom. The van der Waals surface area contributed by atoms with Crippen molar-refractivity contribution in [2.45, 2.75) is 26.2 Å². The van der Waals surface area contributed by atoms with Crippen LogP contribution in [0.1, 0.15) is 26.3 Å². The predicted molar refractivity (Wildman–Crippen MR) is 174 cm³/mol. The first kappa shape index (κ1) is 22.3. The van der Waals surface area contributed by atoms with Crippen molar-refractivity contribution in [1.29, 1.82) is 0 Å². The molecule has 2 heteroatoms. The lowest BCUT2D eigenvalue weighted by Gasteiger charge is -2.37. The van der Waals surface area contributed by atoms with Crippen molar-refractivity contribution >= 4 is 72.5 Å². The molecule has 188 valence electrons. The van der Waals surface area contributed by atoms with E-state index in [1.807, 2.05) is 0 Å². The van der Waals surface area contributed by atoms with Crippen LogP contribution >= 0.6 is 0 Å².